The summed E-state index contributed by atoms with van der Waals surface area (Å²) in [6, 6.07) is 0.239. The molecule has 0 aromatic rings. The van der Waals surface area contributed by atoms with Crippen molar-refractivity contribution < 1.29 is 9.59 Å². The fourth-order valence-corrected chi connectivity index (χ4v) is 3.03. The van der Waals surface area contributed by atoms with Crippen molar-refractivity contribution in [2.75, 3.05) is 19.6 Å². The monoisotopic (exact) mass is 295 g/mol. The third-order valence-electron chi connectivity index (χ3n) is 4.49. The molecule has 0 aromatic heterocycles. The van der Waals surface area contributed by atoms with E-state index < -0.39 is 0 Å². The van der Waals surface area contributed by atoms with E-state index in [4.69, 9.17) is 5.73 Å². The molecule has 1 atom stereocenters. The zero-order chi connectivity index (χ0) is 15.4. The molecular formula is C16H29N3O2. The van der Waals surface area contributed by atoms with Gasteiger partial charge in [0.05, 0.1) is 5.92 Å². The second-order valence-electron chi connectivity index (χ2n) is 6.94. The molecule has 5 nitrogen and oxygen atoms in total. The first-order valence-corrected chi connectivity index (χ1v) is 8.30. The Morgan fingerprint density at radius 1 is 1.19 bits per heavy atom. The molecule has 1 aliphatic heterocycles. The zero-order valence-electron chi connectivity index (χ0n) is 13.3. The molecule has 2 aliphatic rings. The van der Waals surface area contributed by atoms with Crippen molar-refractivity contribution in [3.63, 3.8) is 0 Å². The molecule has 1 heterocycles. The fourth-order valence-electron chi connectivity index (χ4n) is 3.03. The maximum Gasteiger partial charge on any atom is 0.226 e. The lowest BCUT2D eigenvalue weighted by molar-refractivity contribution is -0.137. The molecule has 2 rings (SSSR count). The molecule has 1 saturated heterocycles. The van der Waals surface area contributed by atoms with Gasteiger partial charge in [-0.3, -0.25) is 9.59 Å². The summed E-state index contributed by atoms with van der Waals surface area (Å²) >= 11 is 0. The second kappa shape index (κ2) is 7.25. The number of nitrogens with two attached hydrogens (primary N) is 1. The number of amides is 2. The minimum atomic E-state index is -0.0531. The van der Waals surface area contributed by atoms with Gasteiger partial charge in [0.2, 0.25) is 11.8 Å². The van der Waals surface area contributed by atoms with Crippen molar-refractivity contribution in [3.8, 4) is 0 Å². The van der Waals surface area contributed by atoms with E-state index >= 15 is 0 Å². The molecule has 21 heavy (non-hydrogen) atoms. The molecule has 3 N–H and O–H groups in total. The molecule has 0 spiro atoms. The Hall–Kier alpha value is -1.10. The van der Waals surface area contributed by atoms with Gasteiger partial charge in [-0.25, -0.2) is 0 Å². The predicted molar refractivity (Wildman–Crippen MR) is 82.5 cm³/mol. The number of carbonyl (C=O) groups is 2. The zero-order valence-corrected chi connectivity index (χ0v) is 13.3. The lowest BCUT2D eigenvalue weighted by Crippen LogP contribution is -2.49. The molecule has 1 unspecified atom stereocenters. The van der Waals surface area contributed by atoms with Gasteiger partial charge in [-0.15, -0.1) is 0 Å². The summed E-state index contributed by atoms with van der Waals surface area (Å²) in [4.78, 5) is 26.2. The van der Waals surface area contributed by atoms with Crippen LogP contribution in [0.15, 0.2) is 0 Å². The molecule has 0 aromatic carbocycles. The minimum Gasteiger partial charge on any atom is -0.353 e. The predicted octanol–water partition coefficient (Wildman–Crippen LogP) is 1.12. The van der Waals surface area contributed by atoms with E-state index in [2.05, 4.69) is 19.2 Å². The van der Waals surface area contributed by atoms with E-state index in [0.29, 0.717) is 12.5 Å². The van der Waals surface area contributed by atoms with Gasteiger partial charge in [0.25, 0.3) is 0 Å². The second-order valence-corrected chi connectivity index (χ2v) is 6.94. The van der Waals surface area contributed by atoms with Gasteiger partial charge in [0.1, 0.15) is 0 Å². The van der Waals surface area contributed by atoms with E-state index in [-0.39, 0.29) is 29.7 Å². The highest BCUT2D eigenvalue weighted by Gasteiger charge is 2.33. The summed E-state index contributed by atoms with van der Waals surface area (Å²) in [6.45, 7) is 6.15. The molecule has 0 bridgehead atoms. The Morgan fingerprint density at radius 3 is 2.29 bits per heavy atom. The highest BCUT2D eigenvalue weighted by molar-refractivity contribution is 5.81. The standard InChI is InChI=1S/C16H29N3O2/c1-11(2)9-13(10-17)16(21)19-7-5-14(6-8-19)18-15(20)12-3-4-12/h11-14H,3-10,17H2,1-2H3,(H,18,20). The molecule has 1 aliphatic carbocycles. The van der Waals surface area contributed by atoms with E-state index in [9.17, 15) is 9.59 Å². The van der Waals surface area contributed by atoms with Crippen molar-refractivity contribution in [2.45, 2.75) is 52.0 Å². The molecule has 120 valence electrons. The van der Waals surface area contributed by atoms with E-state index in [0.717, 1.165) is 45.2 Å². The lowest BCUT2D eigenvalue weighted by atomic mass is 9.94. The topological polar surface area (TPSA) is 75.4 Å². The lowest BCUT2D eigenvalue weighted by Gasteiger charge is -2.34. The number of rotatable bonds is 6. The van der Waals surface area contributed by atoms with Crippen molar-refractivity contribution in [3.05, 3.63) is 0 Å². The first-order valence-electron chi connectivity index (χ1n) is 8.30. The fraction of sp³-hybridized carbons (Fsp3) is 0.875. The number of piperidine rings is 1. The highest BCUT2D eigenvalue weighted by atomic mass is 16.2. The molecular weight excluding hydrogens is 266 g/mol. The molecule has 0 radical (unpaired) electrons. The van der Waals surface area contributed by atoms with Gasteiger partial charge in [0, 0.05) is 31.6 Å². The van der Waals surface area contributed by atoms with Crippen LogP contribution in [0.2, 0.25) is 0 Å². The highest BCUT2D eigenvalue weighted by Crippen LogP contribution is 2.29. The summed E-state index contributed by atoms with van der Waals surface area (Å²) in [5.41, 5.74) is 5.76. The van der Waals surface area contributed by atoms with E-state index in [1.54, 1.807) is 0 Å². The van der Waals surface area contributed by atoms with Gasteiger partial charge in [-0.1, -0.05) is 13.8 Å². The van der Waals surface area contributed by atoms with Crippen LogP contribution in [0.5, 0.6) is 0 Å². The van der Waals surface area contributed by atoms with E-state index in [1.807, 2.05) is 4.90 Å². The van der Waals surface area contributed by atoms with Crippen molar-refractivity contribution in [1.82, 2.24) is 10.2 Å². The van der Waals surface area contributed by atoms with E-state index in [1.165, 1.54) is 0 Å². The number of hydrogen-bond donors (Lipinski definition) is 2. The van der Waals surface area contributed by atoms with Crippen LogP contribution in [-0.4, -0.2) is 42.4 Å². The minimum absolute atomic E-state index is 0.0531. The van der Waals surface area contributed by atoms with Crippen LogP contribution in [0, 0.1) is 17.8 Å². The maximum absolute atomic E-state index is 12.5. The van der Waals surface area contributed by atoms with Crippen LogP contribution < -0.4 is 11.1 Å². The summed E-state index contributed by atoms with van der Waals surface area (Å²) in [5, 5.41) is 3.11. The quantitative estimate of drug-likeness (QED) is 0.771. The van der Waals surface area contributed by atoms with Gasteiger partial charge in [-0.05, 0) is 38.0 Å². The molecule has 1 saturated carbocycles. The van der Waals surface area contributed by atoms with Crippen molar-refractivity contribution >= 4 is 11.8 Å². The van der Waals surface area contributed by atoms with Crippen LogP contribution in [0.25, 0.3) is 0 Å². The van der Waals surface area contributed by atoms with Crippen molar-refractivity contribution in [1.29, 1.82) is 0 Å². The first kappa shape index (κ1) is 16.3. The summed E-state index contributed by atoms with van der Waals surface area (Å²) in [6.07, 6.45) is 4.66. The summed E-state index contributed by atoms with van der Waals surface area (Å²) in [5.74, 6) is 1.09. The molecule has 5 heteroatoms. The third-order valence-corrected chi connectivity index (χ3v) is 4.49. The summed E-state index contributed by atoms with van der Waals surface area (Å²) < 4.78 is 0. The smallest absolute Gasteiger partial charge is 0.226 e. The number of nitrogens with one attached hydrogen (secondary N) is 1. The molecule has 2 fully saturated rings. The van der Waals surface area contributed by atoms with Crippen molar-refractivity contribution in [2.24, 2.45) is 23.5 Å². The third kappa shape index (κ3) is 4.70. The van der Waals surface area contributed by atoms with Gasteiger partial charge < -0.3 is 16.0 Å². The number of likely N-dealkylation sites (tertiary alicyclic amines) is 1. The number of hydrogen-bond acceptors (Lipinski definition) is 3. The van der Waals surface area contributed by atoms with Gasteiger partial charge in [0.15, 0.2) is 0 Å². The Bertz CT molecular complexity index is 372. The Kier molecular flexibility index (Phi) is 5.62. The number of nitrogens with zero attached hydrogens (tertiary/aromatic N) is 1. The Morgan fingerprint density at radius 2 is 1.81 bits per heavy atom. The number of carbonyl (C=O) groups excluding carboxylic acids is 2. The Balaban J connectivity index is 1.76. The SMILES string of the molecule is CC(C)CC(CN)C(=O)N1CCC(NC(=O)C2CC2)CC1. The van der Waals surface area contributed by atoms with Gasteiger partial charge in [-0.2, -0.15) is 0 Å². The van der Waals surface area contributed by atoms with Crippen LogP contribution in [0.4, 0.5) is 0 Å². The van der Waals surface area contributed by atoms with Crippen LogP contribution in [-0.2, 0) is 9.59 Å². The van der Waals surface area contributed by atoms with Crippen LogP contribution in [0.1, 0.15) is 46.0 Å². The summed E-state index contributed by atoms with van der Waals surface area (Å²) in [7, 11) is 0. The largest absolute Gasteiger partial charge is 0.353 e. The average molecular weight is 295 g/mol. The Labute approximate surface area is 127 Å². The maximum atomic E-state index is 12.5. The average Bonchev–Trinajstić information content (AvgIpc) is 3.29. The van der Waals surface area contributed by atoms with Crippen LogP contribution in [0.3, 0.4) is 0 Å². The normalized spacial score (nSPS) is 21.4. The van der Waals surface area contributed by atoms with Gasteiger partial charge >= 0.3 is 0 Å². The van der Waals surface area contributed by atoms with Crippen LogP contribution >= 0.6 is 0 Å². The molecule has 2 amide bonds. The first-order chi connectivity index (χ1) is 10.0.